The Hall–Kier alpha value is -1.99. The number of piperidine rings is 1. The molecule has 24 heavy (non-hydrogen) atoms. The van der Waals surface area contributed by atoms with Crippen LogP contribution < -0.4 is 5.32 Å². The van der Waals surface area contributed by atoms with Gasteiger partial charge in [-0.1, -0.05) is 28.1 Å². The topological polar surface area (TPSA) is 69.7 Å². The third-order valence-corrected chi connectivity index (χ3v) is 5.00. The summed E-state index contributed by atoms with van der Waals surface area (Å²) in [6.07, 6.45) is 5.44. The lowest BCUT2D eigenvalue weighted by Crippen LogP contribution is -2.38. The van der Waals surface area contributed by atoms with Gasteiger partial charge in [-0.15, -0.1) is 0 Å². The monoisotopic (exact) mass is 386 g/mol. The summed E-state index contributed by atoms with van der Waals surface area (Å²) in [5.41, 5.74) is 2.95. The number of rotatable bonds is 4. The van der Waals surface area contributed by atoms with E-state index in [9.17, 15) is 0 Å². The minimum absolute atomic E-state index is 0.438. The lowest BCUT2D eigenvalue weighted by atomic mass is 10.0. The molecule has 0 bridgehead atoms. The molecule has 0 atom stereocenters. The van der Waals surface area contributed by atoms with Gasteiger partial charge in [0.15, 0.2) is 11.5 Å². The zero-order valence-electron chi connectivity index (χ0n) is 13.2. The fourth-order valence-electron chi connectivity index (χ4n) is 3.15. The molecule has 1 aliphatic heterocycles. The fraction of sp³-hybridized carbons (Fsp3) is 0.353. The van der Waals surface area contributed by atoms with Crippen LogP contribution in [-0.4, -0.2) is 44.0 Å². The number of likely N-dealkylation sites (tertiary alicyclic amines) is 1. The Morgan fingerprint density at radius 3 is 2.71 bits per heavy atom. The molecule has 0 radical (unpaired) electrons. The number of halogens is 1. The molecule has 4 rings (SSSR count). The van der Waals surface area contributed by atoms with Crippen LogP contribution in [0.2, 0.25) is 0 Å². The number of nitrogens with one attached hydrogen (secondary N) is 2. The van der Waals surface area contributed by atoms with Gasteiger partial charge in [-0.05, 0) is 30.5 Å². The van der Waals surface area contributed by atoms with Crippen LogP contribution in [0.3, 0.4) is 0 Å². The van der Waals surface area contributed by atoms with E-state index in [2.05, 4.69) is 70.3 Å². The number of anilines is 1. The summed E-state index contributed by atoms with van der Waals surface area (Å²) in [7, 11) is 0. The highest BCUT2D eigenvalue weighted by atomic mass is 79.9. The van der Waals surface area contributed by atoms with Gasteiger partial charge in [0.25, 0.3) is 0 Å². The number of imidazole rings is 1. The Labute approximate surface area is 148 Å². The van der Waals surface area contributed by atoms with E-state index in [0.29, 0.717) is 11.7 Å². The highest BCUT2D eigenvalue weighted by Gasteiger charge is 2.20. The van der Waals surface area contributed by atoms with E-state index >= 15 is 0 Å². The summed E-state index contributed by atoms with van der Waals surface area (Å²) in [6.45, 7) is 3.19. The second kappa shape index (κ2) is 6.86. The van der Waals surface area contributed by atoms with E-state index in [-0.39, 0.29) is 0 Å². The van der Waals surface area contributed by atoms with Crippen molar-refractivity contribution in [3.8, 4) is 0 Å². The number of aromatic nitrogens is 4. The van der Waals surface area contributed by atoms with Crippen LogP contribution in [0.5, 0.6) is 0 Å². The first-order chi connectivity index (χ1) is 11.8. The molecule has 1 saturated heterocycles. The quantitative estimate of drug-likeness (QED) is 0.720. The maximum absolute atomic E-state index is 4.36. The molecule has 2 aromatic heterocycles. The van der Waals surface area contributed by atoms with Crippen molar-refractivity contribution in [3.63, 3.8) is 0 Å². The number of H-pyrrole nitrogens is 1. The number of benzene rings is 1. The van der Waals surface area contributed by atoms with Gasteiger partial charge in [-0.2, -0.15) is 0 Å². The average molecular weight is 387 g/mol. The first-order valence-electron chi connectivity index (χ1n) is 8.15. The van der Waals surface area contributed by atoms with Crippen molar-refractivity contribution in [1.82, 2.24) is 24.8 Å². The molecule has 0 saturated carbocycles. The van der Waals surface area contributed by atoms with Gasteiger partial charge < -0.3 is 10.3 Å². The number of nitrogens with zero attached hydrogens (tertiary/aromatic N) is 4. The molecule has 1 aliphatic rings. The minimum Gasteiger partial charge on any atom is -0.365 e. The molecule has 0 unspecified atom stereocenters. The van der Waals surface area contributed by atoms with Gasteiger partial charge in [-0.3, -0.25) is 4.90 Å². The standard InChI is InChI=1S/C17H19BrN6/c18-13-3-1-12(2-4-13)9-24-7-5-14(6-8-24)23-17-15-16(20-10-19-15)21-11-22-17/h1-4,10-11,14H,5-9H2,(H2,19,20,21,22,23). The van der Waals surface area contributed by atoms with E-state index in [1.807, 2.05) is 0 Å². The maximum Gasteiger partial charge on any atom is 0.182 e. The van der Waals surface area contributed by atoms with Gasteiger partial charge in [0.2, 0.25) is 0 Å². The van der Waals surface area contributed by atoms with Crippen LogP contribution in [0, 0.1) is 0 Å². The highest BCUT2D eigenvalue weighted by molar-refractivity contribution is 9.10. The Balaban J connectivity index is 1.34. The van der Waals surface area contributed by atoms with Crippen LogP contribution in [0.4, 0.5) is 5.82 Å². The van der Waals surface area contributed by atoms with Gasteiger partial charge >= 0.3 is 0 Å². The van der Waals surface area contributed by atoms with Crippen LogP contribution >= 0.6 is 15.9 Å². The van der Waals surface area contributed by atoms with Crippen LogP contribution in [0.15, 0.2) is 41.4 Å². The second-order valence-electron chi connectivity index (χ2n) is 6.14. The summed E-state index contributed by atoms with van der Waals surface area (Å²) in [4.78, 5) is 18.3. The van der Waals surface area contributed by atoms with E-state index in [0.717, 1.165) is 48.3 Å². The number of fused-ring (bicyclic) bond motifs is 1. The highest BCUT2D eigenvalue weighted by Crippen LogP contribution is 2.21. The van der Waals surface area contributed by atoms with E-state index < -0.39 is 0 Å². The summed E-state index contributed by atoms with van der Waals surface area (Å²) in [5, 5.41) is 3.55. The lowest BCUT2D eigenvalue weighted by molar-refractivity contribution is 0.211. The molecular formula is C17H19BrN6. The Bertz CT molecular complexity index is 807. The average Bonchev–Trinajstić information content (AvgIpc) is 3.08. The van der Waals surface area contributed by atoms with Crippen molar-refractivity contribution in [1.29, 1.82) is 0 Å². The molecule has 3 aromatic rings. The third kappa shape index (κ3) is 3.42. The van der Waals surface area contributed by atoms with E-state index in [1.54, 1.807) is 12.7 Å². The van der Waals surface area contributed by atoms with Crippen LogP contribution in [0.25, 0.3) is 11.2 Å². The molecule has 2 N–H and O–H groups in total. The molecule has 1 fully saturated rings. The van der Waals surface area contributed by atoms with E-state index in [1.165, 1.54) is 5.56 Å². The summed E-state index contributed by atoms with van der Waals surface area (Å²) in [5.74, 6) is 0.851. The number of aromatic amines is 1. The first kappa shape index (κ1) is 15.5. The zero-order valence-corrected chi connectivity index (χ0v) is 14.8. The molecule has 0 spiro atoms. The van der Waals surface area contributed by atoms with Crippen molar-refractivity contribution in [3.05, 3.63) is 47.0 Å². The van der Waals surface area contributed by atoms with Gasteiger partial charge in [0.05, 0.1) is 6.33 Å². The van der Waals surface area contributed by atoms with Crippen molar-refractivity contribution >= 4 is 32.9 Å². The molecule has 0 amide bonds. The number of hydrogen-bond acceptors (Lipinski definition) is 5. The van der Waals surface area contributed by atoms with Gasteiger partial charge in [0, 0.05) is 30.1 Å². The summed E-state index contributed by atoms with van der Waals surface area (Å²) in [6, 6.07) is 9.02. The maximum atomic E-state index is 4.36. The second-order valence-corrected chi connectivity index (χ2v) is 7.06. The van der Waals surface area contributed by atoms with Crippen molar-refractivity contribution in [2.24, 2.45) is 0 Å². The SMILES string of the molecule is Brc1ccc(CN2CCC(Nc3ncnc4nc[nH]c34)CC2)cc1. The largest absolute Gasteiger partial charge is 0.365 e. The molecule has 124 valence electrons. The number of hydrogen-bond donors (Lipinski definition) is 2. The normalized spacial score (nSPS) is 16.5. The predicted octanol–water partition coefficient (Wildman–Crippen LogP) is 3.19. The van der Waals surface area contributed by atoms with Crippen molar-refractivity contribution in [2.75, 3.05) is 18.4 Å². The van der Waals surface area contributed by atoms with Gasteiger partial charge in [-0.25, -0.2) is 15.0 Å². The van der Waals surface area contributed by atoms with E-state index in [4.69, 9.17) is 0 Å². The minimum atomic E-state index is 0.438. The zero-order chi connectivity index (χ0) is 16.4. The lowest BCUT2D eigenvalue weighted by Gasteiger charge is -2.32. The van der Waals surface area contributed by atoms with Crippen molar-refractivity contribution < 1.29 is 0 Å². The molecular weight excluding hydrogens is 368 g/mol. The Morgan fingerprint density at radius 2 is 1.92 bits per heavy atom. The summed E-state index contributed by atoms with van der Waals surface area (Å²) >= 11 is 3.48. The first-order valence-corrected chi connectivity index (χ1v) is 8.94. The third-order valence-electron chi connectivity index (χ3n) is 4.47. The predicted molar refractivity (Wildman–Crippen MR) is 97.7 cm³/mol. The Kier molecular flexibility index (Phi) is 4.44. The smallest absolute Gasteiger partial charge is 0.182 e. The van der Waals surface area contributed by atoms with Crippen LogP contribution in [0.1, 0.15) is 18.4 Å². The molecule has 1 aromatic carbocycles. The molecule has 0 aliphatic carbocycles. The fourth-order valence-corrected chi connectivity index (χ4v) is 3.42. The van der Waals surface area contributed by atoms with Crippen LogP contribution in [-0.2, 0) is 6.54 Å². The Morgan fingerprint density at radius 1 is 1.12 bits per heavy atom. The van der Waals surface area contributed by atoms with Crippen molar-refractivity contribution in [2.45, 2.75) is 25.4 Å². The summed E-state index contributed by atoms with van der Waals surface area (Å²) < 4.78 is 1.13. The van der Waals surface area contributed by atoms with Gasteiger partial charge in [0.1, 0.15) is 11.8 Å². The molecule has 3 heterocycles. The molecule has 7 heteroatoms. The molecule has 6 nitrogen and oxygen atoms in total.